The summed E-state index contributed by atoms with van der Waals surface area (Å²) in [6.45, 7) is 4.08. The summed E-state index contributed by atoms with van der Waals surface area (Å²) in [6, 6.07) is 15.2. The van der Waals surface area contributed by atoms with Crippen LogP contribution in [0.15, 0.2) is 52.9 Å². The molecule has 1 unspecified atom stereocenters. The van der Waals surface area contributed by atoms with E-state index in [1.165, 1.54) is 64.7 Å². The molecule has 0 bridgehead atoms. The number of aryl methyl sites for hydroxylation is 2. The maximum atomic E-state index is 13.3. The van der Waals surface area contributed by atoms with Gasteiger partial charge in [0.15, 0.2) is 0 Å². The quantitative estimate of drug-likeness (QED) is 0.532. The third kappa shape index (κ3) is 2.56. The molecule has 0 saturated heterocycles. The summed E-state index contributed by atoms with van der Waals surface area (Å²) in [6.07, 6.45) is 2.25. The van der Waals surface area contributed by atoms with Gasteiger partial charge in [-0.1, -0.05) is 0 Å². The molecule has 0 amide bonds. The Hall–Kier alpha value is -1.73. The van der Waals surface area contributed by atoms with Crippen molar-refractivity contribution in [2.45, 2.75) is 17.5 Å². The van der Waals surface area contributed by atoms with E-state index in [-0.39, 0.29) is 5.82 Å². The average Bonchev–Trinajstić information content (AvgIpc) is 3.12. The zero-order chi connectivity index (χ0) is 16.8. The van der Waals surface area contributed by atoms with Crippen LogP contribution in [0.4, 0.5) is 4.39 Å². The van der Waals surface area contributed by atoms with Gasteiger partial charge in [-0.25, -0.2) is 0 Å². The molecule has 2 aromatic carbocycles. The van der Waals surface area contributed by atoms with E-state index in [2.05, 4.69) is 31.2 Å². The van der Waals surface area contributed by atoms with Crippen molar-refractivity contribution in [2.75, 3.05) is 0 Å². The van der Waals surface area contributed by atoms with Crippen molar-refractivity contribution >= 4 is 11.6 Å². The molecule has 0 radical (unpaired) electrons. The first kappa shape index (κ1) is 15.8. The molecule has 0 spiro atoms. The van der Waals surface area contributed by atoms with Crippen LogP contribution in [0.1, 0.15) is 31.8 Å². The molecule has 3 heteroatoms. The van der Waals surface area contributed by atoms with Crippen molar-refractivity contribution in [1.29, 1.82) is 0 Å². The van der Waals surface area contributed by atoms with Crippen molar-refractivity contribution in [3.63, 3.8) is 0 Å². The van der Waals surface area contributed by atoms with E-state index in [1.807, 2.05) is 25.1 Å². The summed E-state index contributed by atoms with van der Waals surface area (Å²) in [5.74, 6) is 1.68. The second kappa shape index (κ2) is 5.97. The fourth-order valence-corrected chi connectivity index (χ4v) is 4.53. The monoisotopic (exact) mass is 393 g/mol. The Morgan fingerprint density at radius 3 is 2.38 bits per heavy atom. The van der Waals surface area contributed by atoms with Gasteiger partial charge in [-0.15, -0.1) is 0 Å². The Kier molecular flexibility index (Phi) is 3.92. The van der Waals surface area contributed by atoms with Gasteiger partial charge in [0, 0.05) is 0 Å². The predicted molar refractivity (Wildman–Crippen MR) is 90.6 cm³/mol. The van der Waals surface area contributed by atoms with Crippen LogP contribution in [-0.2, 0) is 24.7 Å². The van der Waals surface area contributed by atoms with Gasteiger partial charge in [-0.2, -0.15) is 0 Å². The predicted octanol–water partition coefficient (Wildman–Crippen LogP) is 5.84. The molecule has 0 saturated carbocycles. The van der Waals surface area contributed by atoms with Gasteiger partial charge in [-0.3, -0.25) is 0 Å². The number of benzene rings is 2. The summed E-state index contributed by atoms with van der Waals surface area (Å²) in [5.41, 5.74) is 7.27. The number of halogens is 1. The Balaban J connectivity index is 1.90. The van der Waals surface area contributed by atoms with Crippen LogP contribution in [0, 0.1) is 19.7 Å². The second-order valence-electron chi connectivity index (χ2n) is 6.21. The first-order chi connectivity index (χ1) is 11.5. The van der Waals surface area contributed by atoms with Crippen LogP contribution in [-0.4, -0.2) is 0 Å². The van der Waals surface area contributed by atoms with Gasteiger partial charge in [0.1, 0.15) is 0 Å². The zero-order valence-corrected chi connectivity index (χ0v) is 16.0. The number of rotatable bonds is 2. The van der Waals surface area contributed by atoms with Gasteiger partial charge in [-0.05, 0) is 0 Å². The third-order valence-corrected chi connectivity index (χ3v) is 6.10. The van der Waals surface area contributed by atoms with Gasteiger partial charge in [0.05, 0.1) is 0 Å². The van der Waals surface area contributed by atoms with Crippen molar-refractivity contribution in [2.24, 2.45) is 0 Å². The van der Waals surface area contributed by atoms with Crippen molar-refractivity contribution in [1.82, 2.24) is 0 Å². The Morgan fingerprint density at radius 2 is 1.71 bits per heavy atom. The number of allylic oxidation sites excluding steroid dienone is 1. The molecule has 1 nitrogen and oxygen atoms in total. The number of fused-ring (bicyclic) bond motifs is 1. The van der Waals surface area contributed by atoms with E-state index in [0.29, 0.717) is 3.63 Å². The van der Waals surface area contributed by atoms with Crippen LogP contribution < -0.4 is 0 Å². The van der Waals surface area contributed by atoms with Gasteiger partial charge < -0.3 is 0 Å². The SMILES string of the molecule is Cc1ccc(C2=Cc3c(ccc(C)c3-c3ccc(F)cc3)[CH]2[Zr])o1. The van der Waals surface area contributed by atoms with E-state index >= 15 is 0 Å². The first-order valence-electron chi connectivity index (χ1n) is 7.93. The zero-order valence-electron chi connectivity index (χ0n) is 13.6. The van der Waals surface area contributed by atoms with E-state index < -0.39 is 0 Å². The van der Waals surface area contributed by atoms with Crippen molar-refractivity contribution in [3.05, 3.63) is 82.6 Å². The van der Waals surface area contributed by atoms with Crippen molar-refractivity contribution in [3.8, 4) is 11.1 Å². The van der Waals surface area contributed by atoms with Crippen LogP contribution in [0.2, 0.25) is 0 Å². The summed E-state index contributed by atoms with van der Waals surface area (Å²) < 4.78 is 19.5. The Bertz CT molecular complexity index is 950. The van der Waals surface area contributed by atoms with Crippen LogP contribution in [0.5, 0.6) is 0 Å². The van der Waals surface area contributed by atoms with Gasteiger partial charge >= 0.3 is 156 Å². The first-order valence-corrected chi connectivity index (χ1v) is 9.35. The minimum absolute atomic E-state index is 0.204. The fraction of sp³-hybridized carbons (Fsp3) is 0.143. The molecule has 0 aliphatic heterocycles. The molecule has 1 atom stereocenters. The van der Waals surface area contributed by atoms with E-state index in [4.69, 9.17) is 4.42 Å². The summed E-state index contributed by atoms with van der Waals surface area (Å²) in [4.78, 5) is 0. The number of hydrogen-bond donors (Lipinski definition) is 0. The molecule has 0 fully saturated rings. The van der Waals surface area contributed by atoms with Crippen LogP contribution in [0.3, 0.4) is 0 Å². The molecule has 1 aliphatic rings. The molecule has 0 N–H and O–H groups in total. The second-order valence-corrected chi connectivity index (χ2v) is 7.63. The summed E-state index contributed by atoms with van der Waals surface area (Å²) in [5, 5.41) is 0. The average molecular weight is 395 g/mol. The third-order valence-electron chi connectivity index (χ3n) is 4.57. The van der Waals surface area contributed by atoms with Gasteiger partial charge in [0.25, 0.3) is 0 Å². The van der Waals surface area contributed by atoms with E-state index in [9.17, 15) is 4.39 Å². The molecule has 1 aliphatic carbocycles. The topological polar surface area (TPSA) is 13.1 Å². The Labute approximate surface area is 156 Å². The van der Waals surface area contributed by atoms with Gasteiger partial charge in [0.2, 0.25) is 0 Å². The maximum absolute atomic E-state index is 13.3. The molecule has 4 rings (SSSR count). The summed E-state index contributed by atoms with van der Waals surface area (Å²) in [7, 11) is 0. The van der Waals surface area contributed by atoms with Crippen molar-refractivity contribution < 1.29 is 33.5 Å². The molecule has 1 heterocycles. The van der Waals surface area contributed by atoms with E-state index in [0.717, 1.165) is 17.1 Å². The molecule has 24 heavy (non-hydrogen) atoms. The molecule has 3 aromatic rings. The standard InChI is InChI=1S/C21H16FO.Zr/c1-13-3-5-16-11-17(20-10-4-14(2)23-20)12-19(16)21(13)15-6-8-18(22)9-7-15;/h3-12H,1-2H3;. The molecule has 1 aromatic heterocycles. The van der Waals surface area contributed by atoms with Crippen LogP contribution >= 0.6 is 0 Å². The molecular formula is C21H16FOZr. The normalized spacial score (nSPS) is 16.1. The van der Waals surface area contributed by atoms with Crippen LogP contribution in [0.25, 0.3) is 22.8 Å². The summed E-state index contributed by atoms with van der Waals surface area (Å²) >= 11 is 1.44. The number of furan rings is 1. The fourth-order valence-electron chi connectivity index (χ4n) is 3.36. The number of hydrogen-bond acceptors (Lipinski definition) is 1. The molecule has 117 valence electrons. The molecular weight excluding hydrogens is 378 g/mol. The Morgan fingerprint density at radius 1 is 0.958 bits per heavy atom. The minimum atomic E-state index is -0.204. The van der Waals surface area contributed by atoms with E-state index in [1.54, 1.807) is 0 Å².